The molecule has 34 heavy (non-hydrogen) atoms. The van der Waals surface area contributed by atoms with E-state index in [9.17, 15) is 14.4 Å². The number of nitrogens with zero attached hydrogens (tertiary/aromatic N) is 3. The highest BCUT2D eigenvalue weighted by molar-refractivity contribution is 9.10. The van der Waals surface area contributed by atoms with Crippen LogP contribution in [0, 0.1) is 28.5 Å². The minimum atomic E-state index is -0.481. The fourth-order valence-corrected chi connectivity index (χ4v) is 3.83. The number of ether oxygens (including phenoxy) is 1. The van der Waals surface area contributed by atoms with E-state index in [0.717, 1.165) is 15.6 Å². The highest BCUT2D eigenvalue weighted by atomic mass is 79.9. The molecule has 0 aliphatic heterocycles. The normalized spacial score (nSPS) is 9.82. The summed E-state index contributed by atoms with van der Waals surface area (Å²) in [5, 5.41) is 17.7. The largest absolute Gasteiger partial charge is 0.464 e. The van der Waals surface area contributed by atoms with Crippen LogP contribution in [0.25, 0.3) is 16.8 Å². The van der Waals surface area contributed by atoms with Crippen molar-refractivity contribution in [3.05, 3.63) is 111 Å². The Morgan fingerprint density at radius 2 is 1.50 bits per heavy atom. The van der Waals surface area contributed by atoms with Gasteiger partial charge in [-0.15, -0.1) is 0 Å². The van der Waals surface area contributed by atoms with Crippen LogP contribution in [0.4, 0.5) is 4.39 Å². The van der Waals surface area contributed by atoms with E-state index in [2.05, 4.69) is 37.9 Å². The van der Waals surface area contributed by atoms with Gasteiger partial charge in [0.05, 0.1) is 23.9 Å². The van der Waals surface area contributed by atoms with E-state index < -0.39 is 11.8 Å². The van der Waals surface area contributed by atoms with E-state index in [1.54, 1.807) is 34.9 Å². The second-order valence-electron chi connectivity index (χ2n) is 6.85. The van der Waals surface area contributed by atoms with Crippen molar-refractivity contribution in [3.8, 4) is 29.0 Å². The average Bonchev–Trinajstić information content (AvgIpc) is 3.31. The molecule has 0 fully saturated rings. The van der Waals surface area contributed by atoms with Crippen molar-refractivity contribution in [1.82, 2.24) is 4.57 Å². The molecular weight excluding hydrogens is 565 g/mol. The zero-order chi connectivity index (χ0) is 24.7. The number of hydrogen-bond donors (Lipinski definition) is 0. The summed E-state index contributed by atoms with van der Waals surface area (Å²) in [6, 6.07) is 25.0. The Hall–Kier alpha value is -3.72. The Balaban J connectivity index is 0.000000271. The summed E-state index contributed by atoms with van der Waals surface area (Å²) in [5.74, 6) is -0.935. The quantitative estimate of drug-likeness (QED) is 0.244. The lowest BCUT2D eigenvalue weighted by atomic mass is 10.1. The van der Waals surface area contributed by atoms with Crippen molar-refractivity contribution in [1.29, 1.82) is 10.5 Å². The zero-order valence-corrected chi connectivity index (χ0v) is 21.0. The van der Waals surface area contributed by atoms with Crippen molar-refractivity contribution >= 4 is 37.8 Å². The van der Waals surface area contributed by atoms with Crippen molar-refractivity contribution in [3.63, 3.8) is 0 Å². The fourth-order valence-electron chi connectivity index (χ4n) is 3.10. The standard InChI is InChI=1S/C19H13BrN2O2.C7H3BrFN/c1-24-19(23)18-10-15(13-5-3-2-4-6-13)12-22(18)17-8-7-16(20)9-14(17)11-21;8-6-1-2-7(9)5(3-6)4-10/h2-10,12H,1H3;1-3H. The molecular formula is C26H16Br2FN3O2. The Bertz CT molecular complexity index is 1420. The smallest absolute Gasteiger partial charge is 0.355 e. The summed E-state index contributed by atoms with van der Waals surface area (Å²) in [6.45, 7) is 0. The van der Waals surface area contributed by atoms with E-state index in [1.807, 2.05) is 42.6 Å². The van der Waals surface area contributed by atoms with Gasteiger partial charge in [-0.3, -0.25) is 0 Å². The molecule has 3 aromatic carbocycles. The summed E-state index contributed by atoms with van der Waals surface area (Å²) in [5.41, 5.74) is 3.39. The topological polar surface area (TPSA) is 78.8 Å². The predicted molar refractivity (Wildman–Crippen MR) is 134 cm³/mol. The number of esters is 1. The first-order chi connectivity index (χ1) is 16.4. The molecule has 0 unspecified atom stereocenters. The van der Waals surface area contributed by atoms with Crippen LogP contribution in [0.3, 0.4) is 0 Å². The predicted octanol–water partition coefficient (Wildman–Crippen LogP) is 7.02. The highest BCUT2D eigenvalue weighted by Crippen LogP contribution is 2.28. The Morgan fingerprint density at radius 1 is 0.882 bits per heavy atom. The van der Waals surface area contributed by atoms with Crippen molar-refractivity contribution in [2.24, 2.45) is 0 Å². The van der Waals surface area contributed by atoms with Crippen LogP contribution < -0.4 is 0 Å². The fraction of sp³-hybridized carbons (Fsp3) is 0.0385. The van der Waals surface area contributed by atoms with Crippen LogP contribution in [-0.2, 0) is 4.74 Å². The molecule has 0 saturated heterocycles. The summed E-state index contributed by atoms with van der Waals surface area (Å²) in [4.78, 5) is 12.2. The molecule has 1 heterocycles. The molecule has 8 heteroatoms. The SMILES string of the molecule is COC(=O)c1cc(-c2ccccc2)cn1-c1ccc(Br)cc1C#N.N#Cc1cc(Br)ccc1F. The second kappa shape index (κ2) is 11.4. The summed E-state index contributed by atoms with van der Waals surface area (Å²) in [6.07, 6.45) is 1.84. The van der Waals surface area contributed by atoms with Gasteiger partial charge in [-0.25, -0.2) is 9.18 Å². The number of benzene rings is 3. The lowest BCUT2D eigenvalue weighted by Crippen LogP contribution is -2.09. The number of halogens is 3. The molecule has 0 saturated carbocycles. The van der Waals surface area contributed by atoms with Gasteiger partial charge in [0.2, 0.25) is 0 Å². The summed E-state index contributed by atoms with van der Waals surface area (Å²) < 4.78 is 20.6. The van der Waals surface area contributed by atoms with E-state index in [-0.39, 0.29) is 5.56 Å². The molecule has 0 bridgehead atoms. The van der Waals surface area contributed by atoms with Gasteiger partial charge in [0.1, 0.15) is 23.6 Å². The third-order valence-electron chi connectivity index (χ3n) is 4.71. The summed E-state index contributed by atoms with van der Waals surface area (Å²) in [7, 11) is 1.34. The number of hydrogen-bond acceptors (Lipinski definition) is 4. The van der Waals surface area contributed by atoms with Gasteiger partial charge in [-0.1, -0.05) is 62.2 Å². The van der Waals surface area contributed by atoms with Crippen LogP contribution in [0.2, 0.25) is 0 Å². The number of aromatic nitrogens is 1. The van der Waals surface area contributed by atoms with Crippen LogP contribution in [0.1, 0.15) is 21.6 Å². The molecule has 1 aromatic heterocycles. The minimum absolute atomic E-state index is 0.0642. The second-order valence-corrected chi connectivity index (χ2v) is 8.68. The van der Waals surface area contributed by atoms with Gasteiger partial charge in [0.25, 0.3) is 0 Å². The van der Waals surface area contributed by atoms with Gasteiger partial charge < -0.3 is 9.30 Å². The third-order valence-corrected chi connectivity index (χ3v) is 5.70. The Morgan fingerprint density at radius 3 is 2.09 bits per heavy atom. The minimum Gasteiger partial charge on any atom is -0.464 e. The van der Waals surface area contributed by atoms with Crippen LogP contribution in [-0.4, -0.2) is 17.6 Å². The van der Waals surface area contributed by atoms with Crippen LogP contribution >= 0.6 is 31.9 Å². The molecule has 0 N–H and O–H groups in total. The molecule has 0 aliphatic rings. The lowest BCUT2D eigenvalue weighted by molar-refractivity contribution is 0.0591. The van der Waals surface area contributed by atoms with E-state index >= 15 is 0 Å². The molecule has 0 radical (unpaired) electrons. The average molecular weight is 581 g/mol. The molecule has 0 spiro atoms. The van der Waals surface area contributed by atoms with Crippen molar-refractivity contribution < 1.29 is 13.9 Å². The van der Waals surface area contributed by atoms with Crippen LogP contribution in [0.15, 0.2) is 87.9 Å². The molecule has 0 atom stereocenters. The molecule has 168 valence electrons. The molecule has 5 nitrogen and oxygen atoms in total. The first-order valence-electron chi connectivity index (χ1n) is 9.79. The molecule has 4 aromatic rings. The van der Waals surface area contributed by atoms with Crippen molar-refractivity contribution in [2.75, 3.05) is 7.11 Å². The number of methoxy groups -OCH3 is 1. The van der Waals surface area contributed by atoms with Crippen LogP contribution in [0.5, 0.6) is 0 Å². The third kappa shape index (κ3) is 5.79. The maximum atomic E-state index is 12.5. The van der Waals surface area contributed by atoms with Gasteiger partial charge in [-0.2, -0.15) is 10.5 Å². The molecule has 4 rings (SSSR count). The molecule has 0 amide bonds. The van der Waals surface area contributed by atoms with Gasteiger partial charge in [0, 0.05) is 20.7 Å². The monoisotopic (exact) mass is 579 g/mol. The maximum absolute atomic E-state index is 12.5. The lowest BCUT2D eigenvalue weighted by Gasteiger charge is -2.09. The van der Waals surface area contributed by atoms with E-state index in [4.69, 9.17) is 10.00 Å². The van der Waals surface area contributed by atoms with E-state index in [1.165, 1.54) is 19.2 Å². The van der Waals surface area contributed by atoms with Crippen molar-refractivity contribution in [2.45, 2.75) is 0 Å². The maximum Gasteiger partial charge on any atom is 0.355 e. The van der Waals surface area contributed by atoms with Gasteiger partial charge >= 0.3 is 5.97 Å². The first kappa shape index (κ1) is 24.9. The highest BCUT2D eigenvalue weighted by Gasteiger charge is 2.18. The van der Waals surface area contributed by atoms with E-state index in [0.29, 0.717) is 21.4 Å². The number of rotatable bonds is 3. The first-order valence-corrected chi connectivity index (χ1v) is 11.4. The molecule has 0 aliphatic carbocycles. The summed E-state index contributed by atoms with van der Waals surface area (Å²) >= 11 is 6.48. The van der Waals surface area contributed by atoms with Gasteiger partial charge in [-0.05, 0) is 48.0 Å². The number of nitriles is 2. The number of carbonyl (C=O) groups excluding carboxylic acids is 1. The zero-order valence-electron chi connectivity index (χ0n) is 17.8. The Kier molecular flexibility index (Phi) is 8.37. The number of carbonyl (C=O) groups is 1. The van der Waals surface area contributed by atoms with Gasteiger partial charge in [0.15, 0.2) is 0 Å². The Labute approximate surface area is 212 Å².